The second-order valence-corrected chi connectivity index (χ2v) is 5.36. The molecule has 5 nitrogen and oxygen atoms in total. The molecule has 1 unspecified atom stereocenters. The van der Waals surface area contributed by atoms with Gasteiger partial charge in [0.15, 0.2) is 5.84 Å². The fraction of sp³-hybridized carbons (Fsp3) is 0.500. The van der Waals surface area contributed by atoms with Crippen molar-refractivity contribution in [3.05, 3.63) is 29.8 Å². The number of rotatable bonds is 4. The molecule has 1 aliphatic heterocycles. The van der Waals surface area contributed by atoms with Crippen LogP contribution in [-0.2, 0) is 4.74 Å². The van der Waals surface area contributed by atoms with Crippen molar-refractivity contribution in [1.29, 1.82) is 0 Å². The van der Waals surface area contributed by atoms with Crippen LogP contribution in [0.3, 0.4) is 0 Å². The number of nitrogens with two attached hydrogens (primary N) is 1. The maximum absolute atomic E-state index is 8.64. The number of amidine groups is 1. The Labute approximate surface area is 113 Å². The molecule has 1 fully saturated rings. The van der Waals surface area contributed by atoms with Gasteiger partial charge >= 0.3 is 0 Å². The molecule has 0 saturated carbocycles. The summed E-state index contributed by atoms with van der Waals surface area (Å²) in [6.07, 6.45) is 2.18. The zero-order valence-electron chi connectivity index (χ0n) is 11.3. The van der Waals surface area contributed by atoms with Gasteiger partial charge in [-0.2, -0.15) is 0 Å². The number of hydrogen-bond acceptors (Lipinski definition) is 4. The van der Waals surface area contributed by atoms with E-state index in [1.807, 2.05) is 12.1 Å². The van der Waals surface area contributed by atoms with E-state index < -0.39 is 0 Å². The fourth-order valence-electron chi connectivity index (χ4n) is 2.19. The van der Waals surface area contributed by atoms with Gasteiger partial charge in [0.05, 0.1) is 11.7 Å². The lowest BCUT2D eigenvalue weighted by Crippen LogP contribution is -2.24. The zero-order valence-corrected chi connectivity index (χ0v) is 11.3. The molecular formula is C14H20N2O3. The molecule has 1 saturated heterocycles. The first-order valence-electron chi connectivity index (χ1n) is 6.39. The Bertz CT molecular complexity index is 472. The molecule has 1 aliphatic rings. The highest BCUT2D eigenvalue weighted by Crippen LogP contribution is 2.29. The monoisotopic (exact) mass is 264 g/mol. The Kier molecular flexibility index (Phi) is 3.95. The largest absolute Gasteiger partial charge is 0.491 e. The first-order chi connectivity index (χ1) is 9.00. The van der Waals surface area contributed by atoms with E-state index in [-0.39, 0.29) is 17.5 Å². The molecule has 0 bridgehead atoms. The lowest BCUT2D eigenvalue weighted by atomic mass is 10.1. The van der Waals surface area contributed by atoms with E-state index in [9.17, 15) is 0 Å². The Morgan fingerprint density at radius 1 is 1.58 bits per heavy atom. The number of hydrogen-bond donors (Lipinski definition) is 2. The molecule has 0 amide bonds. The van der Waals surface area contributed by atoms with E-state index in [0.29, 0.717) is 17.9 Å². The van der Waals surface area contributed by atoms with Gasteiger partial charge in [0.1, 0.15) is 12.4 Å². The molecule has 0 aliphatic carbocycles. The van der Waals surface area contributed by atoms with E-state index in [1.54, 1.807) is 12.1 Å². The molecule has 2 rings (SSSR count). The van der Waals surface area contributed by atoms with Gasteiger partial charge in [0.25, 0.3) is 0 Å². The van der Waals surface area contributed by atoms with Gasteiger partial charge in [-0.05, 0) is 38.8 Å². The summed E-state index contributed by atoms with van der Waals surface area (Å²) in [5.74, 6) is 0.765. The van der Waals surface area contributed by atoms with Crippen molar-refractivity contribution in [2.24, 2.45) is 10.9 Å². The van der Waals surface area contributed by atoms with Crippen LogP contribution < -0.4 is 10.5 Å². The molecule has 0 radical (unpaired) electrons. The summed E-state index contributed by atoms with van der Waals surface area (Å²) in [7, 11) is 0. The van der Waals surface area contributed by atoms with Crippen molar-refractivity contribution in [1.82, 2.24) is 0 Å². The van der Waals surface area contributed by atoms with Crippen LogP contribution >= 0.6 is 0 Å². The highest BCUT2D eigenvalue weighted by Gasteiger charge is 2.31. The minimum absolute atomic E-state index is 0.0517. The predicted molar refractivity (Wildman–Crippen MR) is 72.6 cm³/mol. The number of oxime groups is 1. The predicted octanol–water partition coefficient (Wildman–Crippen LogP) is 2.12. The number of nitrogens with zero attached hydrogens (tertiary/aromatic N) is 1. The quantitative estimate of drug-likeness (QED) is 0.378. The zero-order chi connectivity index (χ0) is 13.9. The van der Waals surface area contributed by atoms with Crippen LogP contribution in [0.4, 0.5) is 0 Å². The van der Waals surface area contributed by atoms with Gasteiger partial charge < -0.3 is 20.4 Å². The molecule has 1 aromatic carbocycles. The number of benzene rings is 1. The molecule has 1 heterocycles. The van der Waals surface area contributed by atoms with Crippen molar-refractivity contribution >= 4 is 5.84 Å². The first-order valence-corrected chi connectivity index (χ1v) is 6.39. The lowest BCUT2D eigenvalue weighted by molar-refractivity contribution is -0.0326. The van der Waals surface area contributed by atoms with Gasteiger partial charge in [-0.1, -0.05) is 17.3 Å². The first kappa shape index (κ1) is 13.7. The van der Waals surface area contributed by atoms with E-state index in [4.69, 9.17) is 20.4 Å². The molecule has 1 aromatic rings. The highest BCUT2D eigenvalue weighted by atomic mass is 16.6. The van der Waals surface area contributed by atoms with Crippen LogP contribution in [-0.4, -0.2) is 29.4 Å². The van der Waals surface area contributed by atoms with Crippen molar-refractivity contribution in [3.8, 4) is 5.75 Å². The van der Waals surface area contributed by atoms with E-state index >= 15 is 0 Å². The maximum Gasteiger partial charge on any atom is 0.170 e. The summed E-state index contributed by atoms with van der Waals surface area (Å²) in [6, 6.07) is 7.16. The minimum Gasteiger partial charge on any atom is -0.491 e. The van der Waals surface area contributed by atoms with Crippen LogP contribution in [0.15, 0.2) is 29.4 Å². The van der Waals surface area contributed by atoms with Gasteiger partial charge in [-0.3, -0.25) is 0 Å². The van der Waals surface area contributed by atoms with Crippen LogP contribution in [0.2, 0.25) is 0 Å². The Morgan fingerprint density at radius 3 is 3.00 bits per heavy atom. The van der Waals surface area contributed by atoms with Crippen LogP contribution in [0, 0.1) is 0 Å². The molecule has 0 spiro atoms. The standard InChI is InChI=1S/C14H20N2O3/c1-14(2)7-6-12(19-14)9-18-11-5-3-4-10(8-11)13(15)16-17/h3-5,8,12,17H,6-7,9H2,1-2H3,(H2,15,16). The third kappa shape index (κ3) is 3.61. The van der Waals surface area contributed by atoms with E-state index in [1.165, 1.54) is 0 Å². The van der Waals surface area contributed by atoms with Crippen molar-refractivity contribution < 1.29 is 14.7 Å². The van der Waals surface area contributed by atoms with Crippen molar-refractivity contribution in [2.45, 2.75) is 38.4 Å². The molecule has 104 valence electrons. The average molecular weight is 264 g/mol. The smallest absolute Gasteiger partial charge is 0.170 e. The number of ether oxygens (including phenoxy) is 2. The second-order valence-electron chi connectivity index (χ2n) is 5.36. The molecule has 1 atom stereocenters. The second kappa shape index (κ2) is 5.48. The average Bonchev–Trinajstić information content (AvgIpc) is 2.75. The van der Waals surface area contributed by atoms with Gasteiger partial charge in [0, 0.05) is 5.56 Å². The Balaban J connectivity index is 1.93. The Morgan fingerprint density at radius 2 is 2.37 bits per heavy atom. The summed E-state index contributed by atoms with van der Waals surface area (Å²) in [6.45, 7) is 4.70. The third-order valence-electron chi connectivity index (χ3n) is 3.23. The lowest BCUT2D eigenvalue weighted by Gasteiger charge is -2.19. The summed E-state index contributed by atoms with van der Waals surface area (Å²) in [5.41, 5.74) is 6.12. The topological polar surface area (TPSA) is 77.1 Å². The van der Waals surface area contributed by atoms with Crippen LogP contribution in [0.1, 0.15) is 32.3 Å². The normalized spacial score (nSPS) is 22.4. The highest BCUT2D eigenvalue weighted by molar-refractivity contribution is 5.97. The molecule has 0 aromatic heterocycles. The van der Waals surface area contributed by atoms with Crippen LogP contribution in [0.25, 0.3) is 0 Å². The molecule has 5 heteroatoms. The van der Waals surface area contributed by atoms with Crippen molar-refractivity contribution in [2.75, 3.05) is 6.61 Å². The van der Waals surface area contributed by atoms with Crippen LogP contribution in [0.5, 0.6) is 5.75 Å². The summed E-state index contributed by atoms with van der Waals surface area (Å²) >= 11 is 0. The summed E-state index contributed by atoms with van der Waals surface area (Å²) < 4.78 is 11.6. The van der Waals surface area contributed by atoms with E-state index in [2.05, 4.69) is 19.0 Å². The SMILES string of the molecule is CC1(C)CCC(COc2cccc(/C(N)=N/O)c2)O1. The fourth-order valence-corrected chi connectivity index (χ4v) is 2.19. The maximum atomic E-state index is 8.64. The summed E-state index contributed by atoms with van der Waals surface area (Å²) in [4.78, 5) is 0. The van der Waals surface area contributed by atoms with Crippen molar-refractivity contribution in [3.63, 3.8) is 0 Å². The molecule has 3 N–H and O–H groups in total. The third-order valence-corrected chi connectivity index (χ3v) is 3.23. The Hall–Kier alpha value is -1.75. The van der Waals surface area contributed by atoms with Gasteiger partial charge in [0.2, 0.25) is 0 Å². The minimum atomic E-state index is -0.0517. The molecular weight excluding hydrogens is 244 g/mol. The van der Waals surface area contributed by atoms with E-state index in [0.717, 1.165) is 12.8 Å². The van der Waals surface area contributed by atoms with Gasteiger partial charge in [-0.15, -0.1) is 0 Å². The molecule has 19 heavy (non-hydrogen) atoms. The summed E-state index contributed by atoms with van der Waals surface area (Å²) in [5, 5.41) is 11.6. The van der Waals surface area contributed by atoms with Gasteiger partial charge in [-0.25, -0.2) is 0 Å².